The minimum atomic E-state index is -0.459. The second-order valence-electron chi connectivity index (χ2n) is 4.28. The minimum absolute atomic E-state index is 0.167. The molecule has 0 saturated heterocycles. The first-order chi connectivity index (χ1) is 7.90. The van der Waals surface area contributed by atoms with Crippen LogP contribution in [0.2, 0.25) is 0 Å². The second-order valence-corrected chi connectivity index (χ2v) is 5.20. The van der Waals surface area contributed by atoms with Crippen molar-refractivity contribution in [1.29, 1.82) is 0 Å². The highest BCUT2D eigenvalue weighted by Crippen LogP contribution is 2.20. The summed E-state index contributed by atoms with van der Waals surface area (Å²) in [5, 5.41) is 2.51. The molecule has 0 heterocycles. The summed E-state index contributed by atoms with van der Waals surface area (Å²) in [5.41, 5.74) is 5.94. The van der Waals surface area contributed by atoms with Crippen molar-refractivity contribution < 1.29 is 9.18 Å². The van der Waals surface area contributed by atoms with Crippen molar-refractivity contribution >= 4 is 27.5 Å². The quantitative estimate of drug-likeness (QED) is 0.898. The first-order valence-electron chi connectivity index (χ1n) is 5.40. The van der Waals surface area contributed by atoms with Crippen molar-refractivity contribution in [2.24, 2.45) is 11.7 Å². The number of hydrogen-bond donors (Lipinski definition) is 2. The van der Waals surface area contributed by atoms with E-state index in [0.29, 0.717) is 4.47 Å². The highest BCUT2D eigenvalue weighted by Gasteiger charge is 2.14. The third-order valence-electron chi connectivity index (χ3n) is 2.48. The van der Waals surface area contributed by atoms with Crippen LogP contribution in [-0.4, -0.2) is 11.9 Å². The summed E-state index contributed by atoms with van der Waals surface area (Å²) >= 11 is 3.22. The molecule has 3 nitrogen and oxygen atoms in total. The molecule has 1 unspecified atom stereocenters. The molecule has 0 saturated carbocycles. The van der Waals surface area contributed by atoms with Gasteiger partial charge in [0.1, 0.15) is 5.82 Å². The summed E-state index contributed by atoms with van der Waals surface area (Å²) in [4.78, 5) is 11.6. The average molecular weight is 303 g/mol. The molecule has 0 aliphatic carbocycles. The first-order valence-corrected chi connectivity index (χ1v) is 6.20. The summed E-state index contributed by atoms with van der Waals surface area (Å²) in [6.07, 6.45) is 0.184. The van der Waals surface area contributed by atoms with Gasteiger partial charge in [-0.2, -0.15) is 0 Å². The molecule has 0 aliphatic rings. The van der Waals surface area contributed by atoms with E-state index in [1.54, 1.807) is 6.07 Å². The zero-order valence-corrected chi connectivity index (χ0v) is 11.4. The van der Waals surface area contributed by atoms with Gasteiger partial charge in [0.2, 0.25) is 5.91 Å². The Hall–Kier alpha value is -0.940. The predicted octanol–water partition coefficient (Wildman–Crippen LogP) is 2.90. The molecule has 94 valence electrons. The van der Waals surface area contributed by atoms with Gasteiger partial charge < -0.3 is 11.1 Å². The second kappa shape index (κ2) is 6.12. The fourth-order valence-electron chi connectivity index (χ4n) is 1.24. The maximum absolute atomic E-state index is 13.4. The van der Waals surface area contributed by atoms with Crippen LogP contribution in [0.15, 0.2) is 22.7 Å². The molecule has 1 aromatic carbocycles. The SMILES string of the molecule is CC(C)C(N)CC(=O)Nc1cc(Br)ccc1F. The van der Waals surface area contributed by atoms with Gasteiger partial charge in [0.25, 0.3) is 0 Å². The maximum Gasteiger partial charge on any atom is 0.226 e. The van der Waals surface area contributed by atoms with E-state index < -0.39 is 5.82 Å². The Morgan fingerprint density at radius 1 is 1.53 bits per heavy atom. The van der Waals surface area contributed by atoms with Gasteiger partial charge in [-0.3, -0.25) is 4.79 Å². The van der Waals surface area contributed by atoms with E-state index in [4.69, 9.17) is 5.73 Å². The summed E-state index contributed by atoms with van der Waals surface area (Å²) in [5.74, 6) is -0.518. The van der Waals surface area contributed by atoms with Gasteiger partial charge in [-0.15, -0.1) is 0 Å². The number of anilines is 1. The van der Waals surface area contributed by atoms with Crippen LogP contribution < -0.4 is 11.1 Å². The summed E-state index contributed by atoms with van der Waals surface area (Å²) in [6, 6.07) is 4.17. The van der Waals surface area contributed by atoms with Gasteiger partial charge in [-0.1, -0.05) is 29.8 Å². The summed E-state index contributed by atoms with van der Waals surface area (Å²) in [6.45, 7) is 3.88. The van der Waals surface area contributed by atoms with E-state index >= 15 is 0 Å². The van der Waals surface area contributed by atoms with Gasteiger partial charge in [0.05, 0.1) is 5.69 Å². The predicted molar refractivity (Wildman–Crippen MR) is 70.2 cm³/mol. The Bertz CT molecular complexity index is 409. The van der Waals surface area contributed by atoms with Crippen LogP contribution in [0, 0.1) is 11.7 Å². The molecule has 0 aromatic heterocycles. The lowest BCUT2D eigenvalue weighted by molar-refractivity contribution is -0.116. The van der Waals surface area contributed by atoms with Crippen LogP contribution in [0.1, 0.15) is 20.3 Å². The molecule has 0 radical (unpaired) electrons. The summed E-state index contributed by atoms with van der Waals surface area (Å²) in [7, 11) is 0. The molecule has 0 aliphatic heterocycles. The number of benzene rings is 1. The molecular formula is C12H16BrFN2O. The molecule has 1 amide bonds. The molecule has 0 fully saturated rings. The molecule has 0 spiro atoms. The molecule has 1 aromatic rings. The molecule has 5 heteroatoms. The molecule has 1 rings (SSSR count). The summed E-state index contributed by atoms with van der Waals surface area (Å²) < 4.78 is 14.1. The third kappa shape index (κ3) is 4.44. The van der Waals surface area contributed by atoms with Crippen molar-refractivity contribution in [3.8, 4) is 0 Å². The number of carbonyl (C=O) groups excluding carboxylic acids is 1. The number of rotatable bonds is 4. The van der Waals surface area contributed by atoms with E-state index in [1.807, 2.05) is 13.8 Å². The fraction of sp³-hybridized carbons (Fsp3) is 0.417. The van der Waals surface area contributed by atoms with Crippen LogP contribution >= 0.6 is 15.9 Å². The van der Waals surface area contributed by atoms with E-state index in [9.17, 15) is 9.18 Å². The van der Waals surface area contributed by atoms with E-state index in [2.05, 4.69) is 21.2 Å². The Kier molecular flexibility index (Phi) is 5.08. The van der Waals surface area contributed by atoms with Crippen molar-refractivity contribution in [3.05, 3.63) is 28.5 Å². The van der Waals surface area contributed by atoms with Crippen molar-refractivity contribution in [2.75, 3.05) is 5.32 Å². The molecule has 3 N–H and O–H groups in total. The topological polar surface area (TPSA) is 55.1 Å². The number of halogens is 2. The third-order valence-corrected chi connectivity index (χ3v) is 2.97. The molecular weight excluding hydrogens is 287 g/mol. The van der Waals surface area contributed by atoms with Crippen molar-refractivity contribution in [3.63, 3.8) is 0 Å². The van der Waals surface area contributed by atoms with E-state index in [-0.39, 0.29) is 30.0 Å². The van der Waals surface area contributed by atoms with Crippen LogP contribution in [0.25, 0.3) is 0 Å². The van der Waals surface area contributed by atoms with Gasteiger partial charge in [-0.05, 0) is 24.1 Å². The number of hydrogen-bond acceptors (Lipinski definition) is 2. The smallest absolute Gasteiger partial charge is 0.226 e. The number of nitrogens with one attached hydrogen (secondary N) is 1. The molecule has 1 atom stereocenters. The average Bonchev–Trinajstić information content (AvgIpc) is 2.23. The lowest BCUT2D eigenvalue weighted by Gasteiger charge is -2.15. The van der Waals surface area contributed by atoms with Gasteiger partial charge in [0, 0.05) is 16.9 Å². The van der Waals surface area contributed by atoms with E-state index in [0.717, 1.165) is 0 Å². The maximum atomic E-state index is 13.4. The van der Waals surface area contributed by atoms with Crippen LogP contribution in [0.5, 0.6) is 0 Å². The lowest BCUT2D eigenvalue weighted by Crippen LogP contribution is -2.31. The highest BCUT2D eigenvalue weighted by atomic mass is 79.9. The lowest BCUT2D eigenvalue weighted by atomic mass is 10.0. The van der Waals surface area contributed by atoms with Crippen LogP contribution in [0.3, 0.4) is 0 Å². The van der Waals surface area contributed by atoms with Crippen LogP contribution in [-0.2, 0) is 4.79 Å². The van der Waals surface area contributed by atoms with Gasteiger partial charge in [0.15, 0.2) is 0 Å². The molecule has 17 heavy (non-hydrogen) atoms. The van der Waals surface area contributed by atoms with Crippen molar-refractivity contribution in [1.82, 2.24) is 0 Å². The first kappa shape index (κ1) is 14.1. The fourth-order valence-corrected chi connectivity index (χ4v) is 1.61. The van der Waals surface area contributed by atoms with Crippen LogP contribution in [0.4, 0.5) is 10.1 Å². The number of amides is 1. The zero-order valence-electron chi connectivity index (χ0n) is 9.84. The monoisotopic (exact) mass is 302 g/mol. The highest BCUT2D eigenvalue weighted by molar-refractivity contribution is 9.10. The van der Waals surface area contributed by atoms with Gasteiger partial charge in [-0.25, -0.2) is 4.39 Å². The Balaban J connectivity index is 2.65. The molecule has 0 bridgehead atoms. The largest absolute Gasteiger partial charge is 0.327 e. The number of carbonyl (C=O) groups is 1. The zero-order chi connectivity index (χ0) is 13.0. The van der Waals surface area contributed by atoms with E-state index in [1.165, 1.54) is 12.1 Å². The normalized spacial score (nSPS) is 12.6. The number of nitrogens with two attached hydrogens (primary N) is 1. The standard InChI is InChI=1S/C12H16BrFN2O/c1-7(2)10(15)6-12(17)16-11-5-8(13)3-4-9(11)14/h3-5,7,10H,6,15H2,1-2H3,(H,16,17). The Morgan fingerprint density at radius 3 is 2.76 bits per heavy atom. The minimum Gasteiger partial charge on any atom is -0.327 e. The Morgan fingerprint density at radius 2 is 2.18 bits per heavy atom. The van der Waals surface area contributed by atoms with Crippen molar-refractivity contribution in [2.45, 2.75) is 26.3 Å². The van der Waals surface area contributed by atoms with Gasteiger partial charge >= 0.3 is 0 Å². The Labute approximate surface area is 109 Å².